The van der Waals surface area contributed by atoms with Crippen LogP contribution in [0.2, 0.25) is 0 Å². The van der Waals surface area contributed by atoms with E-state index in [-0.39, 0.29) is 0 Å². The third-order valence-corrected chi connectivity index (χ3v) is 4.48. The maximum Gasteiger partial charge on any atom is 0.0421 e. The van der Waals surface area contributed by atoms with Gasteiger partial charge in [-0.1, -0.05) is 19.3 Å². The second-order valence-corrected chi connectivity index (χ2v) is 5.34. The van der Waals surface area contributed by atoms with Crippen molar-refractivity contribution in [3.63, 3.8) is 0 Å². The zero-order valence-corrected chi connectivity index (χ0v) is 9.65. The molecule has 1 fully saturated rings. The van der Waals surface area contributed by atoms with E-state index in [9.17, 15) is 0 Å². The van der Waals surface area contributed by atoms with Gasteiger partial charge in [0.05, 0.1) is 0 Å². The van der Waals surface area contributed by atoms with Gasteiger partial charge in [0, 0.05) is 10.9 Å². The quantitative estimate of drug-likeness (QED) is 0.790. The summed E-state index contributed by atoms with van der Waals surface area (Å²) >= 11 is 1.83. The summed E-state index contributed by atoms with van der Waals surface area (Å²) in [5, 5.41) is 2.16. The van der Waals surface area contributed by atoms with Crippen LogP contribution >= 0.6 is 11.3 Å². The van der Waals surface area contributed by atoms with Gasteiger partial charge in [-0.3, -0.25) is 0 Å². The molecule has 0 radical (unpaired) electrons. The van der Waals surface area contributed by atoms with E-state index in [0.717, 1.165) is 5.92 Å². The molecule has 14 heavy (non-hydrogen) atoms. The van der Waals surface area contributed by atoms with E-state index >= 15 is 0 Å². The molecule has 2 heteroatoms. The van der Waals surface area contributed by atoms with Gasteiger partial charge in [-0.2, -0.15) is 0 Å². The van der Waals surface area contributed by atoms with Gasteiger partial charge in [0.15, 0.2) is 0 Å². The van der Waals surface area contributed by atoms with Crippen LogP contribution in [0, 0.1) is 12.8 Å². The summed E-state index contributed by atoms with van der Waals surface area (Å²) in [6.07, 6.45) is 6.83. The molecule has 0 saturated heterocycles. The van der Waals surface area contributed by atoms with Crippen LogP contribution in [0.15, 0.2) is 11.4 Å². The molecule has 0 aromatic carbocycles. The van der Waals surface area contributed by atoms with Crippen LogP contribution < -0.4 is 5.73 Å². The molecule has 1 atom stereocenters. The number of hydrogen-bond donors (Lipinski definition) is 1. The van der Waals surface area contributed by atoms with E-state index in [4.69, 9.17) is 5.73 Å². The summed E-state index contributed by atoms with van der Waals surface area (Å²) in [5.41, 5.74) is 7.71. The summed E-state index contributed by atoms with van der Waals surface area (Å²) in [7, 11) is 0. The van der Waals surface area contributed by atoms with Crippen molar-refractivity contribution in [1.82, 2.24) is 0 Å². The summed E-state index contributed by atoms with van der Waals surface area (Å²) in [5.74, 6) is 0.737. The Kier molecular flexibility index (Phi) is 3.24. The van der Waals surface area contributed by atoms with Gasteiger partial charge in [-0.25, -0.2) is 0 Å². The molecule has 78 valence electrons. The number of rotatable bonds is 2. The molecule has 0 bridgehead atoms. The lowest BCUT2D eigenvalue weighted by Crippen LogP contribution is -2.23. The average molecular weight is 209 g/mol. The Morgan fingerprint density at radius 3 is 2.64 bits per heavy atom. The molecular weight excluding hydrogens is 190 g/mol. The first-order chi connectivity index (χ1) is 6.79. The van der Waals surface area contributed by atoms with Crippen LogP contribution in [0.25, 0.3) is 0 Å². The third-order valence-electron chi connectivity index (χ3n) is 3.36. The second kappa shape index (κ2) is 4.45. The average Bonchev–Trinajstić information content (AvgIpc) is 2.65. The van der Waals surface area contributed by atoms with Gasteiger partial charge >= 0.3 is 0 Å². The van der Waals surface area contributed by atoms with E-state index in [0.29, 0.717) is 6.04 Å². The predicted octanol–water partition coefficient (Wildman–Crippen LogP) is 3.64. The predicted molar refractivity (Wildman–Crippen MR) is 62.6 cm³/mol. The van der Waals surface area contributed by atoms with E-state index in [1.807, 2.05) is 11.3 Å². The van der Waals surface area contributed by atoms with Crippen molar-refractivity contribution in [2.24, 2.45) is 11.7 Å². The van der Waals surface area contributed by atoms with Crippen LogP contribution in [0.4, 0.5) is 0 Å². The minimum Gasteiger partial charge on any atom is -0.323 e. The zero-order valence-electron chi connectivity index (χ0n) is 8.83. The van der Waals surface area contributed by atoms with Crippen LogP contribution in [0.1, 0.15) is 48.6 Å². The van der Waals surface area contributed by atoms with Crippen molar-refractivity contribution < 1.29 is 0 Å². The molecule has 0 spiro atoms. The summed E-state index contributed by atoms with van der Waals surface area (Å²) in [6.45, 7) is 2.18. The standard InChI is InChI=1S/C12H19NS/c1-9-7-8-14-12(9)11(13)10-5-3-2-4-6-10/h7-8,10-11H,2-6,13H2,1H3/t11-/m1/s1. The maximum atomic E-state index is 6.33. The highest BCUT2D eigenvalue weighted by atomic mass is 32.1. The van der Waals surface area contributed by atoms with Crippen molar-refractivity contribution in [2.75, 3.05) is 0 Å². The first-order valence-electron chi connectivity index (χ1n) is 5.58. The largest absolute Gasteiger partial charge is 0.323 e. The fourth-order valence-corrected chi connectivity index (χ4v) is 3.46. The highest BCUT2D eigenvalue weighted by molar-refractivity contribution is 7.10. The number of nitrogens with two attached hydrogens (primary N) is 1. The van der Waals surface area contributed by atoms with Crippen LogP contribution in [-0.2, 0) is 0 Å². The Balaban J connectivity index is 2.07. The topological polar surface area (TPSA) is 26.0 Å². The Morgan fingerprint density at radius 1 is 1.36 bits per heavy atom. The molecule has 1 nitrogen and oxygen atoms in total. The van der Waals surface area contributed by atoms with Crippen LogP contribution in [-0.4, -0.2) is 0 Å². The first kappa shape index (κ1) is 10.2. The minimum absolute atomic E-state index is 0.301. The van der Waals surface area contributed by atoms with E-state index < -0.39 is 0 Å². The molecule has 0 amide bonds. The molecule has 1 aliphatic carbocycles. The highest BCUT2D eigenvalue weighted by Gasteiger charge is 2.23. The van der Waals surface area contributed by atoms with Gasteiger partial charge in [0.25, 0.3) is 0 Å². The first-order valence-corrected chi connectivity index (χ1v) is 6.46. The van der Waals surface area contributed by atoms with E-state index in [1.165, 1.54) is 42.5 Å². The van der Waals surface area contributed by atoms with E-state index in [2.05, 4.69) is 18.4 Å². The minimum atomic E-state index is 0.301. The summed E-state index contributed by atoms with van der Waals surface area (Å²) < 4.78 is 0. The molecule has 2 N–H and O–H groups in total. The number of hydrogen-bond acceptors (Lipinski definition) is 2. The molecular formula is C12H19NS. The Hall–Kier alpha value is -0.340. The lowest BCUT2D eigenvalue weighted by atomic mass is 9.83. The molecule has 1 aromatic rings. The molecule has 2 rings (SSSR count). The van der Waals surface area contributed by atoms with Crippen molar-refractivity contribution in [2.45, 2.75) is 45.1 Å². The molecule has 1 saturated carbocycles. The third kappa shape index (κ3) is 2.01. The maximum absolute atomic E-state index is 6.33. The molecule has 0 unspecified atom stereocenters. The van der Waals surface area contributed by atoms with Crippen molar-refractivity contribution in [1.29, 1.82) is 0 Å². The SMILES string of the molecule is Cc1ccsc1[C@H](N)C1CCCCC1. The van der Waals surface area contributed by atoms with Crippen molar-refractivity contribution >= 4 is 11.3 Å². The lowest BCUT2D eigenvalue weighted by molar-refractivity contribution is 0.310. The molecule has 0 aliphatic heterocycles. The van der Waals surface area contributed by atoms with Gasteiger partial charge < -0.3 is 5.73 Å². The number of thiophene rings is 1. The van der Waals surface area contributed by atoms with Gasteiger partial charge in [0.1, 0.15) is 0 Å². The Labute approximate surface area is 90.3 Å². The van der Waals surface area contributed by atoms with E-state index in [1.54, 1.807) is 0 Å². The number of aryl methyl sites for hydroxylation is 1. The van der Waals surface area contributed by atoms with Crippen molar-refractivity contribution in [3.8, 4) is 0 Å². The monoisotopic (exact) mass is 209 g/mol. The van der Waals surface area contributed by atoms with Gasteiger partial charge in [-0.05, 0) is 42.7 Å². The fraction of sp³-hybridized carbons (Fsp3) is 0.667. The Bertz CT molecular complexity index is 286. The molecule has 1 aliphatic rings. The van der Waals surface area contributed by atoms with Gasteiger partial charge in [-0.15, -0.1) is 11.3 Å². The second-order valence-electron chi connectivity index (χ2n) is 4.39. The van der Waals surface area contributed by atoms with Crippen LogP contribution in [0.5, 0.6) is 0 Å². The smallest absolute Gasteiger partial charge is 0.0421 e. The summed E-state index contributed by atoms with van der Waals surface area (Å²) in [6, 6.07) is 2.48. The van der Waals surface area contributed by atoms with Crippen LogP contribution in [0.3, 0.4) is 0 Å². The normalized spacial score (nSPS) is 21.0. The van der Waals surface area contributed by atoms with Gasteiger partial charge in [0.2, 0.25) is 0 Å². The fourth-order valence-electron chi connectivity index (χ4n) is 2.43. The molecule has 1 heterocycles. The highest BCUT2D eigenvalue weighted by Crippen LogP contribution is 2.35. The van der Waals surface area contributed by atoms with Crippen molar-refractivity contribution in [3.05, 3.63) is 21.9 Å². The molecule has 1 aromatic heterocycles. The zero-order chi connectivity index (χ0) is 9.97. The lowest BCUT2D eigenvalue weighted by Gasteiger charge is -2.27. The Morgan fingerprint density at radius 2 is 2.07 bits per heavy atom. The summed E-state index contributed by atoms with van der Waals surface area (Å²) in [4.78, 5) is 1.41.